The van der Waals surface area contributed by atoms with Crippen molar-refractivity contribution in [3.63, 3.8) is 0 Å². The third-order valence-corrected chi connectivity index (χ3v) is 2.32. The molecule has 0 aliphatic rings. The molecule has 1 aromatic heterocycles. The van der Waals surface area contributed by atoms with Crippen molar-refractivity contribution in [3.05, 3.63) is 40.4 Å². The van der Waals surface area contributed by atoms with E-state index in [1.54, 1.807) is 31.2 Å². The number of aromatic nitrogens is 3. The topological polar surface area (TPSA) is 99.8 Å². The number of anilines is 3. The number of H-pyrrole nitrogens is 1. The van der Waals surface area contributed by atoms with Gasteiger partial charge >= 0.3 is 5.69 Å². The molecule has 0 aliphatic carbocycles. The number of nitrogens with zero attached hydrogens (tertiary/aromatic N) is 2. The van der Waals surface area contributed by atoms with Crippen molar-refractivity contribution < 1.29 is 4.79 Å². The molecule has 0 aliphatic heterocycles. The maximum Gasteiger partial charge on any atom is 0.363 e. The Morgan fingerprint density at radius 2 is 2.05 bits per heavy atom. The van der Waals surface area contributed by atoms with Gasteiger partial charge in [0.25, 0.3) is 0 Å². The van der Waals surface area contributed by atoms with Crippen molar-refractivity contribution in [2.45, 2.75) is 13.8 Å². The van der Waals surface area contributed by atoms with Crippen LogP contribution in [0.5, 0.6) is 0 Å². The van der Waals surface area contributed by atoms with Gasteiger partial charge in [0.15, 0.2) is 5.82 Å². The van der Waals surface area contributed by atoms with Crippen LogP contribution >= 0.6 is 0 Å². The fourth-order valence-corrected chi connectivity index (χ4v) is 1.53. The molecule has 98 valence electrons. The summed E-state index contributed by atoms with van der Waals surface area (Å²) in [6.45, 7) is 3.16. The van der Waals surface area contributed by atoms with Gasteiger partial charge in [-0.1, -0.05) is 6.07 Å². The zero-order valence-corrected chi connectivity index (χ0v) is 10.5. The first-order chi connectivity index (χ1) is 9.04. The van der Waals surface area contributed by atoms with Crippen molar-refractivity contribution >= 4 is 23.1 Å². The van der Waals surface area contributed by atoms with Gasteiger partial charge in [0, 0.05) is 18.3 Å². The summed E-state index contributed by atoms with van der Waals surface area (Å²) in [6, 6.07) is 7.09. The van der Waals surface area contributed by atoms with Crippen LogP contribution in [-0.2, 0) is 4.79 Å². The molecule has 0 unspecified atom stereocenters. The van der Waals surface area contributed by atoms with Gasteiger partial charge < -0.3 is 10.6 Å². The minimum Gasteiger partial charge on any atom is -0.338 e. The molecule has 0 atom stereocenters. The van der Waals surface area contributed by atoms with E-state index in [1.807, 2.05) is 0 Å². The summed E-state index contributed by atoms with van der Waals surface area (Å²) in [5.74, 6) is 0.230. The summed E-state index contributed by atoms with van der Waals surface area (Å²) in [5, 5.41) is 11.7. The number of carbonyl (C=O) groups excluding carboxylic acids is 1. The zero-order valence-electron chi connectivity index (χ0n) is 10.5. The Morgan fingerprint density at radius 3 is 2.79 bits per heavy atom. The molecule has 0 fully saturated rings. The summed E-state index contributed by atoms with van der Waals surface area (Å²) in [4.78, 5) is 25.9. The van der Waals surface area contributed by atoms with E-state index in [1.165, 1.54) is 6.92 Å². The highest BCUT2D eigenvalue weighted by Crippen LogP contribution is 2.19. The Hall–Kier alpha value is -2.70. The van der Waals surface area contributed by atoms with Crippen LogP contribution in [0.3, 0.4) is 0 Å². The number of amides is 1. The van der Waals surface area contributed by atoms with Crippen LogP contribution < -0.4 is 16.3 Å². The van der Waals surface area contributed by atoms with Crippen LogP contribution in [0, 0.1) is 6.92 Å². The molecule has 3 N–H and O–H groups in total. The first kappa shape index (κ1) is 12.7. The third-order valence-electron chi connectivity index (χ3n) is 2.32. The monoisotopic (exact) mass is 259 g/mol. The maximum atomic E-state index is 11.1. The molecule has 0 radical (unpaired) electrons. The molecule has 19 heavy (non-hydrogen) atoms. The van der Waals surface area contributed by atoms with Gasteiger partial charge in [0.2, 0.25) is 5.91 Å². The van der Waals surface area contributed by atoms with Crippen LogP contribution in [0.4, 0.5) is 17.2 Å². The lowest BCUT2D eigenvalue weighted by Crippen LogP contribution is -2.15. The molecule has 0 spiro atoms. The van der Waals surface area contributed by atoms with Gasteiger partial charge in [-0.15, -0.1) is 0 Å². The largest absolute Gasteiger partial charge is 0.363 e. The molecule has 0 saturated carbocycles. The van der Waals surface area contributed by atoms with Crippen molar-refractivity contribution in [1.82, 2.24) is 15.2 Å². The van der Waals surface area contributed by atoms with Crippen LogP contribution in [-0.4, -0.2) is 21.1 Å². The molecule has 7 nitrogen and oxygen atoms in total. The third kappa shape index (κ3) is 3.38. The van der Waals surface area contributed by atoms with Crippen LogP contribution in [0.25, 0.3) is 0 Å². The van der Waals surface area contributed by atoms with E-state index < -0.39 is 5.69 Å². The smallest absolute Gasteiger partial charge is 0.338 e. The van der Waals surface area contributed by atoms with Crippen LogP contribution in [0.2, 0.25) is 0 Å². The van der Waals surface area contributed by atoms with Gasteiger partial charge in [-0.25, -0.2) is 9.89 Å². The first-order valence-electron chi connectivity index (χ1n) is 5.62. The minimum absolute atomic E-state index is 0.149. The second kappa shape index (κ2) is 5.30. The second-order valence-electron chi connectivity index (χ2n) is 3.96. The van der Waals surface area contributed by atoms with E-state index in [0.717, 1.165) is 0 Å². The molecule has 2 aromatic rings. The molecule has 0 bridgehead atoms. The van der Waals surface area contributed by atoms with E-state index in [-0.39, 0.29) is 5.91 Å². The zero-order chi connectivity index (χ0) is 13.8. The summed E-state index contributed by atoms with van der Waals surface area (Å²) in [7, 11) is 0. The average molecular weight is 259 g/mol. The van der Waals surface area contributed by atoms with Crippen molar-refractivity contribution in [3.8, 4) is 0 Å². The van der Waals surface area contributed by atoms with E-state index >= 15 is 0 Å². The lowest BCUT2D eigenvalue weighted by atomic mass is 10.2. The van der Waals surface area contributed by atoms with E-state index in [4.69, 9.17) is 0 Å². The normalized spacial score (nSPS) is 10.0. The SMILES string of the molecule is CC(=O)Nc1cccc(Nc2nc(=O)[nH]nc2C)c1. The predicted octanol–water partition coefficient (Wildman–Crippen LogP) is 1.18. The summed E-state index contributed by atoms with van der Waals surface area (Å²) < 4.78 is 0. The number of rotatable bonds is 3. The second-order valence-corrected chi connectivity index (χ2v) is 3.96. The highest BCUT2D eigenvalue weighted by Gasteiger charge is 2.04. The number of aryl methyl sites for hydroxylation is 1. The Labute approximate surface area is 109 Å². The molecule has 2 rings (SSSR count). The van der Waals surface area contributed by atoms with Crippen molar-refractivity contribution in [1.29, 1.82) is 0 Å². The molecule has 0 saturated heterocycles. The average Bonchev–Trinajstić information content (AvgIpc) is 2.33. The highest BCUT2D eigenvalue weighted by molar-refractivity contribution is 5.89. The Morgan fingerprint density at radius 1 is 1.32 bits per heavy atom. The molecule has 1 heterocycles. The molecule has 1 aromatic carbocycles. The van der Waals surface area contributed by atoms with E-state index in [2.05, 4.69) is 25.8 Å². The number of hydrogen-bond donors (Lipinski definition) is 3. The number of aromatic amines is 1. The first-order valence-corrected chi connectivity index (χ1v) is 5.62. The fraction of sp³-hybridized carbons (Fsp3) is 0.167. The number of carbonyl (C=O) groups is 1. The van der Waals surface area contributed by atoms with Crippen LogP contribution in [0.15, 0.2) is 29.1 Å². The van der Waals surface area contributed by atoms with Gasteiger partial charge in [-0.3, -0.25) is 4.79 Å². The summed E-state index contributed by atoms with van der Waals surface area (Å²) in [6.07, 6.45) is 0. The van der Waals surface area contributed by atoms with E-state index in [0.29, 0.717) is 22.9 Å². The number of hydrogen-bond acceptors (Lipinski definition) is 5. The molecular formula is C12H13N5O2. The minimum atomic E-state index is -0.522. The van der Waals surface area contributed by atoms with Gasteiger partial charge in [0.05, 0.1) is 0 Å². The Bertz CT molecular complexity index is 665. The Kier molecular flexibility index (Phi) is 3.56. The van der Waals surface area contributed by atoms with Crippen LogP contribution in [0.1, 0.15) is 12.6 Å². The lowest BCUT2D eigenvalue weighted by molar-refractivity contribution is -0.114. The summed E-state index contributed by atoms with van der Waals surface area (Å²) >= 11 is 0. The predicted molar refractivity (Wildman–Crippen MR) is 71.4 cm³/mol. The molecule has 1 amide bonds. The lowest BCUT2D eigenvalue weighted by Gasteiger charge is -2.08. The van der Waals surface area contributed by atoms with Gasteiger partial charge in [-0.2, -0.15) is 10.1 Å². The number of benzene rings is 1. The highest BCUT2D eigenvalue weighted by atomic mass is 16.1. The van der Waals surface area contributed by atoms with Crippen molar-refractivity contribution in [2.75, 3.05) is 10.6 Å². The molecular weight excluding hydrogens is 246 g/mol. The van der Waals surface area contributed by atoms with E-state index in [9.17, 15) is 9.59 Å². The van der Waals surface area contributed by atoms with Gasteiger partial charge in [0.1, 0.15) is 5.69 Å². The summed E-state index contributed by atoms with van der Waals surface area (Å²) in [5.41, 5.74) is 1.41. The fourth-order valence-electron chi connectivity index (χ4n) is 1.53. The number of nitrogens with one attached hydrogen (secondary N) is 3. The van der Waals surface area contributed by atoms with Gasteiger partial charge in [-0.05, 0) is 25.1 Å². The maximum absolute atomic E-state index is 11.1. The van der Waals surface area contributed by atoms with Crippen molar-refractivity contribution in [2.24, 2.45) is 0 Å². The molecule has 7 heteroatoms. The standard InChI is InChI=1S/C12H13N5O2/c1-7-11(15-12(19)17-16-7)14-10-5-3-4-9(6-10)13-8(2)18/h3-6H,1-2H3,(H,13,18)(H2,14,15,17,19). The quantitative estimate of drug-likeness (QED) is 0.768. The Balaban J connectivity index is 2.25.